The summed E-state index contributed by atoms with van der Waals surface area (Å²) in [5.74, 6) is 0.172. The minimum atomic E-state index is -4.03. The Kier molecular flexibility index (Phi) is 4.56. The van der Waals surface area contributed by atoms with Crippen LogP contribution in [-0.4, -0.2) is 16.8 Å². The summed E-state index contributed by atoms with van der Waals surface area (Å²) in [6.07, 6.45) is 0. The molecule has 2 aromatic rings. The van der Waals surface area contributed by atoms with Crippen molar-refractivity contribution in [3.63, 3.8) is 0 Å². The van der Waals surface area contributed by atoms with E-state index in [2.05, 4.69) is 22.6 Å². The molecular formula is C12H10INO5S2. The summed E-state index contributed by atoms with van der Waals surface area (Å²) in [7, 11) is -7.89. The summed E-state index contributed by atoms with van der Waals surface area (Å²) in [5, 5.41) is 4.94. The molecule has 0 atom stereocenters. The average Bonchev–Trinajstić information content (AvgIpc) is 2.40. The van der Waals surface area contributed by atoms with Crippen LogP contribution in [0.3, 0.4) is 0 Å². The topological polar surface area (TPSA) is 104 Å². The van der Waals surface area contributed by atoms with Gasteiger partial charge in [-0.15, -0.1) is 0 Å². The third-order valence-corrected chi connectivity index (χ3v) is 5.37. The molecule has 0 heterocycles. The van der Waals surface area contributed by atoms with Gasteiger partial charge in [-0.2, -0.15) is 8.42 Å². The van der Waals surface area contributed by atoms with Crippen LogP contribution in [0.25, 0.3) is 0 Å². The highest BCUT2D eigenvalue weighted by atomic mass is 127. The molecule has 0 bridgehead atoms. The van der Waals surface area contributed by atoms with E-state index in [9.17, 15) is 16.8 Å². The Morgan fingerprint density at radius 1 is 0.810 bits per heavy atom. The van der Waals surface area contributed by atoms with E-state index in [0.29, 0.717) is 0 Å². The summed E-state index contributed by atoms with van der Waals surface area (Å²) in [6, 6.07) is 10.9. The summed E-state index contributed by atoms with van der Waals surface area (Å²) >= 11 is 2.08. The lowest BCUT2D eigenvalue weighted by Gasteiger charge is -2.07. The van der Waals surface area contributed by atoms with Gasteiger partial charge in [0, 0.05) is 3.57 Å². The number of hydrogen-bond acceptors (Lipinski definition) is 5. The van der Waals surface area contributed by atoms with Crippen molar-refractivity contribution >= 4 is 42.7 Å². The SMILES string of the molecule is NS(=O)(=O)c1ccc(S(=O)(=O)Oc2ccc(I)cc2)cc1. The number of sulfonamides is 1. The molecule has 0 radical (unpaired) electrons. The van der Waals surface area contributed by atoms with Gasteiger partial charge in [-0.25, -0.2) is 13.6 Å². The van der Waals surface area contributed by atoms with E-state index < -0.39 is 20.1 Å². The zero-order valence-corrected chi connectivity index (χ0v) is 14.2. The molecule has 21 heavy (non-hydrogen) atoms. The van der Waals surface area contributed by atoms with Crippen LogP contribution in [0.15, 0.2) is 58.3 Å². The van der Waals surface area contributed by atoms with Gasteiger partial charge in [-0.1, -0.05) is 0 Å². The van der Waals surface area contributed by atoms with Gasteiger partial charge in [0.1, 0.15) is 10.6 Å². The van der Waals surface area contributed by atoms with Crippen LogP contribution in [0, 0.1) is 3.57 Å². The van der Waals surface area contributed by atoms with Crippen LogP contribution < -0.4 is 9.32 Å². The molecular weight excluding hydrogens is 429 g/mol. The van der Waals surface area contributed by atoms with Crippen molar-refractivity contribution in [2.45, 2.75) is 9.79 Å². The van der Waals surface area contributed by atoms with Crippen molar-refractivity contribution < 1.29 is 21.0 Å². The first kappa shape index (κ1) is 16.2. The molecule has 0 unspecified atom stereocenters. The zero-order chi connectivity index (χ0) is 15.7. The van der Waals surface area contributed by atoms with Gasteiger partial charge in [0.05, 0.1) is 4.90 Å². The minimum absolute atomic E-state index is 0.159. The maximum absolute atomic E-state index is 12.0. The van der Waals surface area contributed by atoms with Crippen LogP contribution in [-0.2, 0) is 20.1 Å². The van der Waals surface area contributed by atoms with E-state index in [0.717, 1.165) is 27.8 Å². The average molecular weight is 439 g/mol. The molecule has 0 aromatic heterocycles. The number of halogens is 1. The molecule has 2 N–H and O–H groups in total. The Morgan fingerprint density at radius 2 is 1.29 bits per heavy atom. The van der Waals surface area contributed by atoms with Crippen LogP contribution in [0.5, 0.6) is 5.75 Å². The van der Waals surface area contributed by atoms with Crippen molar-refractivity contribution in [3.05, 3.63) is 52.1 Å². The first-order valence-electron chi connectivity index (χ1n) is 5.51. The lowest BCUT2D eigenvalue weighted by atomic mass is 10.3. The van der Waals surface area contributed by atoms with Crippen LogP contribution in [0.2, 0.25) is 0 Å². The molecule has 0 aliphatic rings. The van der Waals surface area contributed by atoms with Crippen molar-refractivity contribution in [2.24, 2.45) is 5.14 Å². The lowest BCUT2D eigenvalue weighted by Crippen LogP contribution is -2.13. The standard InChI is InChI=1S/C12H10INO5S2/c13-9-1-3-10(4-2-9)19-21(17,18)12-7-5-11(6-8-12)20(14,15)16/h1-8H,(H2,14,15,16). The van der Waals surface area contributed by atoms with Crippen molar-refractivity contribution in [3.8, 4) is 5.75 Å². The quantitative estimate of drug-likeness (QED) is 0.577. The maximum atomic E-state index is 12.0. The van der Waals surface area contributed by atoms with E-state index in [1.54, 1.807) is 12.1 Å². The molecule has 2 rings (SSSR count). The monoisotopic (exact) mass is 439 g/mol. The van der Waals surface area contributed by atoms with E-state index in [-0.39, 0.29) is 15.5 Å². The summed E-state index contributed by atoms with van der Waals surface area (Å²) in [6.45, 7) is 0. The van der Waals surface area contributed by atoms with Gasteiger partial charge in [-0.3, -0.25) is 0 Å². The smallest absolute Gasteiger partial charge is 0.339 e. The van der Waals surface area contributed by atoms with Crippen molar-refractivity contribution in [1.29, 1.82) is 0 Å². The van der Waals surface area contributed by atoms with Crippen LogP contribution in [0.1, 0.15) is 0 Å². The molecule has 0 saturated carbocycles. The molecule has 0 saturated heterocycles. The third-order valence-electron chi connectivity index (χ3n) is 2.46. The number of rotatable bonds is 4. The van der Waals surface area contributed by atoms with Gasteiger partial charge < -0.3 is 4.18 Å². The first-order valence-corrected chi connectivity index (χ1v) is 9.55. The Hall–Kier alpha value is -1.17. The fourth-order valence-corrected chi connectivity index (χ4v) is 3.27. The molecule has 0 fully saturated rings. The van der Waals surface area contributed by atoms with Gasteiger partial charge in [-0.05, 0) is 71.1 Å². The number of primary sulfonamides is 1. The second-order valence-corrected chi connectivity index (χ2v) is 8.36. The molecule has 0 spiro atoms. The molecule has 0 aliphatic heterocycles. The van der Waals surface area contributed by atoms with Gasteiger partial charge in [0.25, 0.3) is 0 Å². The molecule has 9 heteroatoms. The number of nitrogens with two attached hydrogens (primary N) is 1. The van der Waals surface area contributed by atoms with E-state index >= 15 is 0 Å². The number of hydrogen-bond donors (Lipinski definition) is 1. The summed E-state index contributed by atoms with van der Waals surface area (Å²) < 4.78 is 52.2. The Labute approximate surface area is 136 Å². The van der Waals surface area contributed by atoms with Gasteiger partial charge >= 0.3 is 10.1 Å². The fraction of sp³-hybridized carbons (Fsp3) is 0. The second-order valence-electron chi connectivity index (χ2n) is 4.01. The summed E-state index contributed by atoms with van der Waals surface area (Å²) in [4.78, 5) is -0.329. The highest BCUT2D eigenvalue weighted by Crippen LogP contribution is 2.20. The Bertz CT molecular complexity index is 844. The van der Waals surface area contributed by atoms with Crippen molar-refractivity contribution in [2.75, 3.05) is 0 Å². The minimum Gasteiger partial charge on any atom is -0.379 e. The van der Waals surface area contributed by atoms with Gasteiger partial charge in [0.2, 0.25) is 10.0 Å². The van der Waals surface area contributed by atoms with Crippen LogP contribution in [0.4, 0.5) is 0 Å². The van der Waals surface area contributed by atoms with Crippen LogP contribution >= 0.6 is 22.6 Å². The normalized spacial score (nSPS) is 12.1. The highest BCUT2D eigenvalue weighted by Gasteiger charge is 2.18. The summed E-state index contributed by atoms with van der Waals surface area (Å²) in [5.41, 5.74) is 0. The zero-order valence-electron chi connectivity index (χ0n) is 10.4. The second kappa shape index (κ2) is 5.91. The van der Waals surface area contributed by atoms with Crippen molar-refractivity contribution in [1.82, 2.24) is 0 Å². The molecule has 6 nitrogen and oxygen atoms in total. The molecule has 0 amide bonds. The predicted octanol–water partition coefficient (Wildman–Crippen LogP) is 1.71. The maximum Gasteiger partial charge on any atom is 0.339 e. The predicted molar refractivity (Wildman–Crippen MR) is 84.8 cm³/mol. The van der Waals surface area contributed by atoms with E-state index in [1.165, 1.54) is 12.1 Å². The molecule has 2 aromatic carbocycles. The molecule has 0 aliphatic carbocycles. The molecule has 112 valence electrons. The lowest BCUT2D eigenvalue weighted by molar-refractivity contribution is 0.486. The Morgan fingerprint density at radius 3 is 1.76 bits per heavy atom. The Balaban J connectivity index is 2.29. The largest absolute Gasteiger partial charge is 0.379 e. The number of benzene rings is 2. The fourth-order valence-electron chi connectivity index (χ4n) is 1.46. The van der Waals surface area contributed by atoms with E-state index in [4.69, 9.17) is 9.32 Å². The van der Waals surface area contributed by atoms with Gasteiger partial charge in [0.15, 0.2) is 0 Å². The van der Waals surface area contributed by atoms with E-state index in [1.807, 2.05) is 0 Å². The first-order chi connectivity index (χ1) is 9.68. The highest BCUT2D eigenvalue weighted by molar-refractivity contribution is 14.1. The third kappa shape index (κ3) is 4.15.